The van der Waals surface area contributed by atoms with E-state index in [4.69, 9.17) is 0 Å². The van der Waals surface area contributed by atoms with Crippen molar-refractivity contribution in [1.29, 1.82) is 0 Å². The lowest BCUT2D eigenvalue weighted by Gasteiger charge is -2.00. The van der Waals surface area contributed by atoms with Crippen LogP contribution >= 0.6 is 0 Å². The first-order chi connectivity index (χ1) is 8.72. The van der Waals surface area contributed by atoms with E-state index in [0.29, 0.717) is 6.54 Å². The normalized spacial score (nSPS) is 11.0. The van der Waals surface area contributed by atoms with Gasteiger partial charge in [0.05, 0.1) is 12.1 Å². The highest BCUT2D eigenvalue weighted by Gasteiger charge is 2.04. The molecule has 90 valence electrons. The van der Waals surface area contributed by atoms with Gasteiger partial charge in [0, 0.05) is 23.5 Å². The standard InChI is InChI=1S/C14H12FN3/c1-10-13-9-18(17-14(13)6-7-16-10)8-11-2-4-12(15)5-3-11/h2-7,9H,8H2,1H3. The number of fused-ring (bicyclic) bond motifs is 1. The van der Waals surface area contributed by atoms with Crippen LogP contribution in [0.3, 0.4) is 0 Å². The van der Waals surface area contributed by atoms with E-state index in [1.54, 1.807) is 18.3 Å². The molecule has 2 heterocycles. The molecule has 0 aliphatic carbocycles. The predicted octanol–water partition coefficient (Wildman–Crippen LogP) is 2.93. The molecule has 0 radical (unpaired) electrons. The van der Waals surface area contributed by atoms with Gasteiger partial charge in [0.25, 0.3) is 0 Å². The van der Waals surface area contributed by atoms with Crippen molar-refractivity contribution in [2.24, 2.45) is 0 Å². The number of hydrogen-bond acceptors (Lipinski definition) is 2. The quantitative estimate of drug-likeness (QED) is 0.690. The van der Waals surface area contributed by atoms with Crippen molar-refractivity contribution in [2.75, 3.05) is 0 Å². The average Bonchev–Trinajstić information content (AvgIpc) is 2.76. The first kappa shape index (κ1) is 10.9. The van der Waals surface area contributed by atoms with E-state index in [2.05, 4.69) is 10.1 Å². The van der Waals surface area contributed by atoms with Gasteiger partial charge in [0.1, 0.15) is 5.82 Å². The molecule has 0 unspecified atom stereocenters. The van der Waals surface area contributed by atoms with Crippen molar-refractivity contribution in [3.05, 3.63) is 59.8 Å². The fourth-order valence-electron chi connectivity index (χ4n) is 1.99. The summed E-state index contributed by atoms with van der Waals surface area (Å²) in [6, 6.07) is 8.36. The largest absolute Gasteiger partial charge is 0.267 e. The van der Waals surface area contributed by atoms with Crippen molar-refractivity contribution in [2.45, 2.75) is 13.5 Å². The Kier molecular flexibility index (Phi) is 2.55. The molecule has 0 aliphatic rings. The van der Waals surface area contributed by atoms with E-state index in [9.17, 15) is 4.39 Å². The molecule has 0 N–H and O–H groups in total. The maximum atomic E-state index is 12.8. The molecule has 3 nitrogen and oxygen atoms in total. The minimum absolute atomic E-state index is 0.218. The zero-order valence-electron chi connectivity index (χ0n) is 9.97. The van der Waals surface area contributed by atoms with Gasteiger partial charge in [-0.2, -0.15) is 5.10 Å². The molecule has 0 fully saturated rings. The molecule has 18 heavy (non-hydrogen) atoms. The Morgan fingerprint density at radius 3 is 2.67 bits per heavy atom. The molecular formula is C14H12FN3. The Hall–Kier alpha value is -2.23. The van der Waals surface area contributed by atoms with Crippen LogP contribution in [0.25, 0.3) is 10.9 Å². The summed E-state index contributed by atoms with van der Waals surface area (Å²) >= 11 is 0. The molecule has 2 aromatic heterocycles. The fraction of sp³-hybridized carbons (Fsp3) is 0.143. The first-order valence-electron chi connectivity index (χ1n) is 5.75. The smallest absolute Gasteiger partial charge is 0.123 e. The zero-order chi connectivity index (χ0) is 12.5. The summed E-state index contributed by atoms with van der Waals surface area (Å²) in [6.07, 6.45) is 3.73. The minimum Gasteiger partial charge on any atom is -0.267 e. The molecule has 0 spiro atoms. The number of aromatic nitrogens is 3. The van der Waals surface area contributed by atoms with Crippen molar-refractivity contribution in [3.8, 4) is 0 Å². The van der Waals surface area contributed by atoms with Gasteiger partial charge < -0.3 is 0 Å². The monoisotopic (exact) mass is 241 g/mol. The lowest BCUT2D eigenvalue weighted by Crippen LogP contribution is -1.99. The van der Waals surface area contributed by atoms with Crippen molar-refractivity contribution in [1.82, 2.24) is 14.8 Å². The molecule has 0 saturated heterocycles. The van der Waals surface area contributed by atoms with Crippen LogP contribution in [-0.2, 0) is 6.54 Å². The Balaban J connectivity index is 1.95. The number of benzene rings is 1. The SMILES string of the molecule is Cc1nccc2nn(Cc3ccc(F)cc3)cc12. The van der Waals surface area contributed by atoms with Gasteiger partial charge in [0.15, 0.2) is 0 Å². The first-order valence-corrected chi connectivity index (χ1v) is 5.75. The number of halogens is 1. The summed E-state index contributed by atoms with van der Waals surface area (Å²) in [5.74, 6) is -0.218. The van der Waals surface area contributed by atoms with E-state index < -0.39 is 0 Å². The zero-order valence-corrected chi connectivity index (χ0v) is 9.97. The summed E-state index contributed by atoms with van der Waals surface area (Å²) < 4.78 is 14.7. The molecule has 3 rings (SSSR count). The second kappa shape index (κ2) is 4.22. The fourth-order valence-corrected chi connectivity index (χ4v) is 1.99. The van der Waals surface area contributed by atoms with Crippen molar-refractivity contribution >= 4 is 10.9 Å². The summed E-state index contributed by atoms with van der Waals surface area (Å²) in [5, 5.41) is 5.53. The van der Waals surface area contributed by atoms with Gasteiger partial charge in [-0.05, 0) is 30.7 Å². The van der Waals surface area contributed by atoms with E-state index >= 15 is 0 Å². The highest BCUT2D eigenvalue weighted by atomic mass is 19.1. The molecule has 3 aromatic rings. The summed E-state index contributed by atoms with van der Waals surface area (Å²) in [4.78, 5) is 4.24. The van der Waals surface area contributed by atoms with Gasteiger partial charge in [-0.15, -0.1) is 0 Å². The second-order valence-electron chi connectivity index (χ2n) is 4.28. The number of pyridine rings is 1. The Bertz CT molecular complexity index is 686. The Morgan fingerprint density at radius 2 is 1.94 bits per heavy atom. The molecule has 0 saturated carbocycles. The summed E-state index contributed by atoms with van der Waals surface area (Å²) in [5.41, 5.74) is 2.93. The van der Waals surface area contributed by atoms with Crippen LogP contribution in [0.5, 0.6) is 0 Å². The van der Waals surface area contributed by atoms with Crippen LogP contribution in [0.15, 0.2) is 42.7 Å². The van der Waals surface area contributed by atoms with Crippen LogP contribution in [0.2, 0.25) is 0 Å². The van der Waals surface area contributed by atoms with E-state index in [-0.39, 0.29) is 5.82 Å². The number of aryl methyl sites for hydroxylation is 1. The number of rotatable bonds is 2. The van der Waals surface area contributed by atoms with Crippen LogP contribution in [0.1, 0.15) is 11.3 Å². The van der Waals surface area contributed by atoms with E-state index in [1.807, 2.05) is 23.9 Å². The van der Waals surface area contributed by atoms with Crippen LogP contribution < -0.4 is 0 Å². The van der Waals surface area contributed by atoms with Gasteiger partial charge in [-0.1, -0.05) is 12.1 Å². The average molecular weight is 241 g/mol. The molecule has 4 heteroatoms. The topological polar surface area (TPSA) is 30.7 Å². The Morgan fingerprint density at radius 1 is 1.17 bits per heavy atom. The summed E-state index contributed by atoms with van der Waals surface area (Å²) in [7, 11) is 0. The number of nitrogens with zero attached hydrogens (tertiary/aromatic N) is 3. The number of hydrogen-bond donors (Lipinski definition) is 0. The molecular weight excluding hydrogens is 229 g/mol. The van der Waals surface area contributed by atoms with Crippen LogP contribution in [0, 0.1) is 12.7 Å². The van der Waals surface area contributed by atoms with Gasteiger partial charge in [-0.3, -0.25) is 9.67 Å². The van der Waals surface area contributed by atoms with Gasteiger partial charge in [-0.25, -0.2) is 4.39 Å². The third-order valence-corrected chi connectivity index (χ3v) is 2.94. The molecule has 0 bridgehead atoms. The lowest BCUT2D eigenvalue weighted by atomic mass is 10.2. The Labute approximate surface area is 104 Å². The van der Waals surface area contributed by atoms with E-state index in [0.717, 1.165) is 22.2 Å². The van der Waals surface area contributed by atoms with Crippen molar-refractivity contribution < 1.29 is 4.39 Å². The molecule has 0 atom stereocenters. The molecule has 0 aliphatic heterocycles. The van der Waals surface area contributed by atoms with Gasteiger partial charge in [0.2, 0.25) is 0 Å². The van der Waals surface area contributed by atoms with E-state index in [1.165, 1.54) is 12.1 Å². The summed E-state index contributed by atoms with van der Waals surface area (Å²) in [6.45, 7) is 2.60. The molecule has 0 amide bonds. The third-order valence-electron chi connectivity index (χ3n) is 2.94. The lowest BCUT2D eigenvalue weighted by molar-refractivity contribution is 0.624. The van der Waals surface area contributed by atoms with Crippen LogP contribution in [-0.4, -0.2) is 14.8 Å². The second-order valence-corrected chi connectivity index (χ2v) is 4.28. The van der Waals surface area contributed by atoms with Crippen LogP contribution in [0.4, 0.5) is 4.39 Å². The maximum Gasteiger partial charge on any atom is 0.123 e. The predicted molar refractivity (Wildman–Crippen MR) is 67.8 cm³/mol. The van der Waals surface area contributed by atoms with Crippen molar-refractivity contribution in [3.63, 3.8) is 0 Å². The minimum atomic E-state index is -0.218. The maximum absolute atomic E-state index is 12.8. The third kappa shape index (κ3) is 1.97. The molecule has 1 aromatic carbocycles. The highest BCUT2D eigenvalue weighted by molar-refractivity contribution is 5.79. The highest BCUT2D eigenvalue weighted by Crippen LogP contribution is 2.15. The van der Waals surface area contributed by atoms with Gasteiger partial charge >= 0.3 is 0 Å².